The molecule has 1 aliphatic heterocycles. The Balaban J connectivity index is 1.36. The van der Waals surface area contributed by atoms with Crippen LogP contribution < -0.4 is 14.2 Å². The Bertz CT molecular complexity index is 1290. The van der Waals surface area contributed by atoms with Gasteiger partial charge in [-0.3, -0.25) is 9.36 Å². The fraction of sp³-hybridized carbons (Fsp3) is 0.160. The van der Waals surface area contributed by atoms with E-state index in [4.69, 9.17) is 14.2 Å². The largest absolute Gasteiger partial charge is 0.485 e. The van der Waals surface area contributed by atoms with E-state index < -0.39 is 0 Å². The summed E-state index contributed by atoms with van der Waals surface area (Å²) >= 11 is 1.34. The lowest BCUT2D eigenvalue weighted by Crippen LogP contribution is -2.08. The molecule has 0 saturated heterocycles. The third-order valence-corrected chi connectivity index (χ3v) is 6.12. The van der Waals surface area contributed by atoms with Crippen molar-refractivity contribution in [1.82, 2.24) is 14.8 Å². The second-order valence-electron chi connectivity index (χ2n) is 7.40. The van der Waals surface area contributed by atoms with Crippen molar-refractivity contribution >= 4 is 17.5 Å². The van der Waals surface area contributed by atoms with Gasteiger partial charge in [0.05, 0.1) is 5.75 Å². The number of nitrogens with zero attached hydrogens (tertiary/aromatic N) is 3. The van der Waals surface area contributed by atoms with Crippen LogP contribution in [0, 0.1) is 6.92 Å². The maximum absolute atomic E-state index is 12.8. The van der Waals surface area contributed by atoms with Crippen LogP contribution in [0.15, 0.2) is 78.0 Å². The number of rotatable bonds is 8. The van der Waals surface area contributed by atoms with Gasteiger partial charge in [0.1, 0.15) is 12.4 Å². The predicted molar refractivity (Wildman–Crippen MR) is 124 cm³/mol. The van der Waals surface area contributed by atoms with E-state index in [1.54, 1.807) is 18.2 Å². The third kappa shape index (κ3) is 4.56. The number of carbonyl (C=O) groups is 1. The molecule has 0 unspecified atom stereocenters. The number of para-hydroxylation sites is 2. The molecule has 1 aromatic heterocycles. The third-order valence-electron chi connectivity index (χ3n) is 5.19. The minimum absolute atomic E-state index is 0.0291. The monoisotopic (exact) mass is 459 g/mol. The molecular formula is C25H21N3O4S. The standard InChI is InChI=1S/C25H21N3O4S/c1-17-7-5-6-10-21(17)30-14-24-26-27-25(28(24)19-8-3-2-4-9-19)33-15-20(29)18-11-12-22-23(13-18)32-16-31-22/h2-13H,14-16H2,1H3. The molecule has 0 bridgehead atoms. The van der Waals surface area contributed by atoms with Crippen molar-refractivity contribution in [3.8, 4) is 22.9 Å². The molecule has 1 aliphatic rings. The van der Waals surface area contributed by atoms with Gasteiger partial charge in [0.25, 0.3) is 0 Å². The topological polar surface area (TPSA) is 75.5 Å². The van der Waals surface area contributed by atoms with Crippen LogP contribution in [0.3, 0.4) is 0 Å². The Hall–Kier alpha value is -3.78. The van der Waals surface area contributed by atoms with E-state index in [0.29, 0.717) is 28.0 Å². The van der Waals surface area contributed by atoms with Crippen molar-refractivity contribution in [2.24, 2.45) is 0 Å². The first-order valence-electron chi connectivity index (χ1n) is 10.4. The number of thioether (sulfide) groups is 1. The number of aryl methyl sites for hydroxylation is 1. The highest BCUT2D eigenvalue weighted by Crippen LogP contribution is 2.33. The zero-order valence-corrected chi connectivity index (χ0v) is 18.7. The van der Waals surface area contributed by atoms with Gasteiger partial charge in [-0.2, -0.15) is 0 Å². The zero-order chi connectivity index (χ0) is 22.6. The minimum atomic E-state index is -0.0291. The molecule has 0 aliphatic carbocycles. The van der Waals surface area contributed by atoms with Gasteiger partial charge in [-0.1, -0.05) is 48.2 Å². The van der Waals surface area contributed by atoms with Gasteiger partial charge in [-0.05, 0) is 48.9 Å². The Morgan fingerprint density at radius 2 is 1.79 bits per heavy atom. The number of carbonyl (C=O) groups excluding carboxylic acids is 1. The molecule has 0 spiro atoms. The fourth-order valence-corrected chi connectivity index (χ4v) is 4.33. The van der Waals surface area contributed by atoms with E-state index in [0.717, 1.165) is 17.0 Å². The van der Waals surface area contributed by atoms with Crippen LogP contribution in [0.25, 0.3) is 5.69 Å². The summed E-state index contributed by atoms with van der Waals surface area (Å²) in [5.41, 5.74) is 2.52. The summed E-state index contributed by atoms with van der Waals surface area (Å²) < 4.78 is 18.6. The van der Waals surface area contributed by atoms with Crippen molar-refractivity contribution in [2.75, 3.05) is 12.5 Å². The van der Waals surface area contributed by atoms with E-state index >= 15 is 0 Å². The average Bonchev–Trinajstić information content (AvgIpc) is 3.49. The van der Waals surface area contributed by atoms with Crippen LogP contribution in [0.1, 0.15) is 21.7 Å². The van der Waals surface area contributed by atoms with Crippen molar-refractivity contribution < 1.29 is 19.0 Å². The van der Waals surface area contributed by atoms with Crippen molar-refractivity contribution in [3.05, 3.63) is 89.7 Å². The molecule has 0 atom stereocenters. The number of aromatic nitrogens is 3. The molecule has 4 aromatic rings. The molecule has 166 valence electrons. The lowest BCUT2D eigenvalue weighted by Gasteiger charge is -2.12. The maximum Gasteiger partial charge on any atom is 0.231 e. The van der Waals surface area contributed by atoms with E-state index in [2.05, 4.69) is 10.2 Å². The van der Waals surface area contributed by atoms with Crippen LogP contribution in [-0.4, -0.2) is 33.1 Å². The lowest BCUT2D eigenvalue weighted by molar-refractivity contribution is 0.102. The molecule has 5 rings (SSSR count). The number of hydrogen-bond donors (Lipinski definition) is 0. The molecule has 0 fully saturated rings. The highest BCUT2D eigenvalue weighted by Gasteiger charge is 2.19. The Morgan fingerprint density at radius 1 is 1.00 bits per heavy atom. The van der Waals surface area contributed by atoms with Gasteiger partial charge in [-0.15, -0.1) is 10.2 Å². The smallest absolute Gasteiger partial charge is 0.231 e. The van der Waals surface area contributed by atoms with E-state index in [1.807, 2.05) is 66.1 Å². The summed E-state index contributed by atoms with van der Waals surface area (Å²) in [5.74, 6) is 2.88. The van der Waals surface area contributed by atoms with E-state index in [-0.39, 0.29) is 24.9 Å². The van der Waals surface area contributed by atoms with Crippen LogP contribution in [0.4, 0.5) is 0 Å². The predicted octanol–water partition coefficient (Wildman–Crippen LogP) is 4.86. The molecule has 2 heterocycles. The van der Waals surface area contributed by atoms with Crippen LogP contribution in [0.2, 0.25) is 0 Å². The highest BCUT2D eigenvalue weighted by atomic mass is 32.2. The molecule has 8 heteroatoms. The first-order valence-corrected chi connectivity index (χ1v) is 11.4. The van der Waals surface area contributed by atoms with Gasteiger partial charge in [0, 0.05) is 11.3 Å². The van der Waals surface area contributed by atoms with E-state index in [1.165, 1.54) is 11.8 Å². The Labute approximate surface area is 195 Å². The fourth-order valence-electron chi connectivity index (χ4n) is 3.47. The van der Waals surface area contributed by atoms with Crippen LogP contribution in [0.5, 0.6) is 17.2 Å². The van der Waals surface area contributed by atoms with Gasteiger partial charge >= 0.3 is 0 Å². The molecule has 33 heavy (non-hydrogen) atoms. The molecule has 0 amide bonds. The van der Waals surface area contributed by atoms with Crippen molar-refractivity contribution in [2.45, 2.75) is 18.7 Å². The Morgan fingerprint density at radius 3 is 2.64 bits per heavy atom. The lowest BCUT2D eigenvalue weighted by atomic mass is 10.1. The molecule has 7 nitrogen and oxygen atoms in total. The van der Waals surface area contributed by atoms with Gasteiger partial charge in [0.2, 0.25) is 6.79 Å². The SMILES string of the molecule is Cc1ccccc1OCc1nnc(SCC(=O)c2ccc3c(c2)OCO3)n1-c1ccccc1. The van der Waals surface area contributed by atoms with Gasteiger partial charge in [0.15, 0.2) is 28.3 Å². The first-order chi connectivity index (χ1) is 16.2. The quantitative estimate of drug-likeness (QED) is 0.275. The van der Waals surface area contributed by atoms with E-state index in [9.17, 15) is 4.79 Å². The number of fused-ring (bicyclic) bond motifs is 1. The number of ketones is 1. The minimum Gasteiger partial charge on any atom is -0.485 e. The molecule has 0 saturated carbocycles. The molecule has 3 aromatic carbocycles. The average molecular weight is 460 g/mol. The summed E-state index contributed by atoms with van der Waals surface area (Å²) in [5, 5.41) is 9.33. The zero-order valence-electron chi connectivity index (χ0n) is 17.9. The maximum atomic E-state index is 12.8. The first kappa shape index (κ1) is 21.1. The number of Topliss-reactive ketones (excluding diaryl/α,β-unsaturated/α-hetero) is 1. The second-order valence-corrected chi connectivity index (χ2v) is 8.35. The summed E-state index contributed by atoms with van der Waals surface area (Å²) in [7, 11) is 0. The Kier molecular flexibility index (Phi) is 5.99. The second kappa shape index (κ2) is 9.38. The summed E-state index contributed by atoms with van der Waals surface area (Å²) in [6.45, 7) is 2.43. The van der Waals surface area contributed by atoms with Crippen LogP contribution >= 0.6 is 11.8 Å². The number of ether oxygens (including phenoxy) is 3. The number of benzene rings is 3. The highest BCUT2D eigenvalue weighted by molar-refractivity contribution is 7.99. The van der Waals surface area contributed by atoms with Crippen molar-refractivity contribution in [1.29, 1.82) is 0 Å². The van der Waals surface area contributed by atoms with Crippen LogP contribution in [-0.2, 0) is 6.61 Å². The number of hydrogen-bond acceptors (Lipinski definition) is 7. The summed E-state index contributed by atoms with van der Waals surface area (Å²) in [6.07, 6.45) is 0. The normalized spacial score (nSPS) is 12.0. The van der Waals surface area contributed by atoms with Gasteiger partial charge < -0.3 is 14.2 Å². The molecular weight excluding hydrogens is 438 g/mol. The molecule has 0 radical (unpaired) electrons. The summed E-state index contributed by atoms with van der Waals surface area (Å²) in [4.78, 5) is 12.8. The van der Waals surface area contributed by atoms with Crippen molar-refractivity contribution in [3.63, 3.8) is 0 Å². The summed E-state index contributed by atoms with van der Waals surface area (Å²) in [6, 6.07) is 22.9. The molecule has 0 N–H and O–H groups in total. The van der Waals surface area contributed by atoms with Gasteiger partial charge in [-0.25, -0.2) is 0 Å².